The molecule has 0 saturated carbocycles. The standard InChI is InChI=1S/C13H10ClN3O2/c14-11-6-9(13(18)19)12-15-10(7-17(12)16-11)8-4-2-1-3-5-8/h2,4-7H,1,3H2,(H,18,19). The molecule has 5 nitrogen and oxygen atoms in total. The zero-order chi connectivity index (χ0) is 13.4. The fourth-order valence-corrected chi connectivity index (χ4v) is 2.24. The lowest BCUT2D eigenvalue weighted by Gasteiger charge is -2.02. The van der Waals surface area contributed by atoms with E-state index in [0.29, 0.717) is 11.3 Å². The first-order chi connectivity index (χ1) is 9.15. The quantitative estimate of drug-likeness (QED) is 0.915. The number of fused-ring (bicyclic) bond motifs is 1. The smallest absolute Gasteiger partial charge is 0.339 e. The summed E-state index contributed by atoms with van der Waals surface area (Å²) in [6.07, 6.45) is 9.78. The molecule has 0 aliphatic heterocycles. The normalized spacial score (nSPS) is 14.7. The number of aromatic nitrogens is 3. The van der Waals surface area contributed by atoms with Crippen LogP contribution >= 0.6 is 11.6 Å². The number of hydrogen-bond acceptors (Lipinski definition) is 3. The largest absolute Gasteiger partial charge is 0.478 e. The summed E-state index contributed by atoms with van der Waals surface area (Å²) in [5, 5.41) is 13.3. The molecule has 6 heteroatoms. The average molecular weight is 276 g/mol. The van der Waals surface area contributed by atoms with E-state index in [1.54, 1.807) is 6.20 Å². The molecule has 2 heterocycles. The molecule has 3 rings (SSSR count). The summed E-state index contributed by atoms with van der Waals surface area (Å²) in [6, 6.07) is 1.31. The molecule has 1 aliphatic rings. The fourth-order valence-electron chi connectivity index (χ4n) is 2.05. The summed E-state index contributed by atoms with van der Waals surface area (Å²) < 4.78 is 1.41. The fraction of sp³-hybridized carbons (Fsp3) is 0.154. The number of halogens is 1. The van der Waals surface area contributed by atoms with Crippen LogP contribution in [0.5, 0.6) is 0 Å². The number of nitrogens with zero attached hydrogens (tertiary/aromatic N) is 3. The van der Waals surface area contributed by atoms with Crippen LogP contribution in [0.3, 0.4) is 0 Å². The van der Waals surface area contributed by atoms with E-state index in [2.05, 4.69) is 22.2 Å². The molecular weight excluding hydrogens is 266 g/mol. The number of carboxylic acid groups (broad SMARTS) is 1. The number of imidazole rings is 1. The highest BCUT2D eigenvalue weighted by Gasteiger charge is 2.16. The molecule has 1 N–H and O–H groups in total. The molecule has 96 valence electrons. The van der Waals surface area contributed by atoms with E-state index in [4.69, 9.17) is 16.7 Å². The summed E-state index contributed by atoms with van der Waals surface area (Å²) in [6.45, 7) is 0. The highest BCUT2D eigenvalue weighted by Crippen LogP contribution is 2.22. The zero-order valence-electron chi connectivity index (χ0n) is 9.88. The van der Waals surface area contributed by atoms with Gasteiger partial charge in [0.05, 0.1) is 11.9 Å². The van der Waals surface area contributed by atoms with Crippen LogP contribution in [-0.2, 0) is 0 Å². The van der Waals surface area contributed by atoms with Crippen LogP contribution < -0.4 is 0 Å². The minimum atomic E-state index is -1.07. The molecular formula is C13H10ClN3O2. The Morgan fingerprint density at radius 1 is 1.42 bits per heavy atom. The number of aromatic carboxylic acids is 1. The zero-order valence-corrected chi connectivity index (χ0v) is 10.6. The average Bonchev–Trinajstić information content (AvgIpc) is 2.82. The molecule has 0 atom stereocenters. The van der Waals surface area contributed by atoms with Crippen molar-refractivity contribution in [1.82, 2.24) is 14.6 Å². The van der Waals surface area contributed by atoms with Gasteiger partial charge in [0.25, 0.3) is 0 Å². The van der Waals surface area contributed by atoms with Gasteiger partial charge in [0.15, 0.2) is 10.8 Å². The van der Waals surface area contributed by atoms with Crippen LogP contribution in [0.2, 0.25) is 5.15 Å². The number of allylic oxidation sites excluding steroid dienone is 4. The van der Waals surface area contributed by atoms with Crippen LogP contribution in [0.4, 0.5) is 0 Å². The van der Waals surface area contributed by atoms with Gasteiger partial charge in [-0.15, -0.1) is 0 Å². The number of carboxylic acids is 1. The van der Waals surface area contributed by atoms with Gasteiger partial charge in [-0.1, -0.05) is 29.8 Å². The first-order valence-electron chi connectivity index (χ1n) is 5.81. The van der Waals surface area contributed by atoms with Crippen molar-refractivity contribution in [3.05, 3.63) is 46.9 Å². The lowest BCUT2D eigenvalue weighted by Crippen LogP contribution is -2.03. The van der Waals surface area contributed by atoms with Crippen molar-refractivity contribution in [2.45, 2.75) is 12.8 Å². The first-order valence-corrected chi connectivity index (χ1v) is 6.19. The van der Waals surface area contributed by atoms with Crippen molar-refractivity contribution in [3.63, 3.8) is 0 Å². The molecule has 0 bridgehead atoms. The van der Waals surface area contributed by atoms with Gasteiger partial charge in [-0.2, -0.15) is 5.10 Å². The first kappa shape index (κ1) is 11.9. The second-order valence-corrected chi connectivity index (χ2v) is 4.61. The lowest BCUT2D eigenvalue weighted by atomic mass is 10.1. The van der Waals surface area contributed by atoms with E-state index in [9.17, 15) is 4.79 Å². The Morgan fingerprint density at radius 3 is 2.95 bits per heavy atom. The third-order valence-electron chi connectivity index (χ3n) is 2.92. The molecule has 2 aromatic heterocycles. The molecule has 0 unspecified atom stereocenters. The van der Waals surface area contributed by atoms with Crippen LogP contribution in [-0.4, -0.2) is 25.7 Å². The van der Waals surface area contributed by atoms with Crippen molar-refractivity contribution in [3.8, 4) is 0 Å². The SMILES string of the molecule is O=C(O)c1cc(Cl)nn2cc(C3=CCCC=C3)nc12. The van der Waals surface area contributed by atoms with Crippen molar-refractivity contribution < 1.29 is 9.90 Å². The van der Waals surface area contributed by atoms with E-state index in [1.807, 2.05) is 6.08 Å². The molecule has 0 spiro atoms. The van der Waals surface area contributed by atoms with E-state index in [0.717, 1.165) is 18.4 Å². The maximum Gasteiger partial charge on any atom is 0.339 e. The highest BCUT2D eigenvalue weighted by molar-refractivity contribution is 6.29. The Kier molecular flexibility index (Phi) is 2.83. The van der Waals surface area contributed by atoms with Gasteiger partial charge in [-0.3, -0.25) is 0 Å². The van der Waals surface area contributed by atoms with Gasteiger partial charge >= 0.3 is 5.97 Å². The van der Waals surface area contributed by atoms with Gasteiger partial charge < -0.3 is 5.11 Å². The van der Waals surface area contributed by atoms with Crippen LogP contribution in [0.25, 0.3) is 11.2 Å². The summed E-state index contributed by atoms with van der Waals surface area (Å²) in [5.74, 6) is -1.07. The van der Waals surface area contributed by atoms with Crippen LogP contribution in [0.1, 0.15) is 28.9 Å². The minimum absolute atomic E-state index is 0.0478. The summed E-state index contributed by atoms with van der Waals surface area (Å²) >= 11 is 5.81. The van der Waals surface area contributed by atoms with E-state index >= 15 is 0 Å². The van der Waals surface area contributed by atoms with Gasteiger partial charge in [-0.05, 0) is 24.5 Å². The molecule has 0 saturated heterocycles. The Hall–Kier alpha value is -2.14. The maximum atomic E-state index is 11.2. The van der Waals surface area contributed by atoms with E-state index < -0.39 is 5.97 Å². The van der Waals surface area contributed by atoms with Crippen LogP contribution in [0, 0.1) is 0 Å². The number of carbonyl (C=O) groups is 1. The van der Waals surface area contributed by atoms with Gasteiger partial charge in [0, 0.05) is 0 Å². The molecule has 0 radical (unpaired) electrons. The van der Waals surface area contributed by atoms with Crippen molar-refractivity contribution in [2.75, 3.05) is 0 Å². The topological polar surface area (TPSA) is 67.5 Å². The predicted octanol–water partition coefficient (Wildman–Crippen LogP) is 2.81. The second-order valence-electron chi connectivity index (χ2n) is 4.22. The minimum Gasteiger partial charge on any atom is -0.478 e. The van der Waals surface area contributed by atoms with Crippen molar-refractivity contribution >= 4 is 28.8 Å². The molecule has 0 amide bonds. The van der Waals surface area contributed by atoms with E-state index in [1.165, 1.54) is 10.6 Å². The van der Waals surface area contributed by atoms with Crippen molar-refractivity contribution in [2.24, 2.45) is 0 Å². The molecule has 0 fully saturated rings. The molecule has 0 aromatic carbocycles. The van der Waals surface area contributed by atoms with Gasteiger partial charge in [0.1, 0.15) is 5.56 Å². The summed E-state index contributed by atoms with van der Waals surface area (Å²) in [7, 11) is 0. The van der Waals surface area contributed by atoms with Crippen LogP contribution in [0.15, 0.2) is 30.5 Å². The Morgan fingerprint density at radius 2 is 2.26 bits per heavy atom. The predicted molar refractivity (Wildman–Crippen MR) is 71.3 cm³/mol. The van der Waals surface area contributed by atoms with Gasteiger partial charge in [-0.25, -0.2) is 14.3 Å². The summed E-state index contributed by atoms with van der Waals surface area (Å²) in [5.41, 5.74) is 2.02. The Labute approximate surface area is 113 Å². The van der Waals surface area contributed by atoms with Crippen molar-refractivity contribution in [1.29, 1.82) is 0 Å². The highest BCUT2D eigenvalue weighted by atomic mass is 35.5. The number of hydrogen-bond donors (Lipinski definition) is 1. The Bertz CT molecular complexity index is 731. The summed E-state index contributed by atoms with van der Waals surface area (Å²) in [4.78, 5) is 15.5. The molecule has 2 aromatic rings. The molecule has 1 aliphatic carbocycles. The lowest BCUT2D eigenvalue weighted by molar-refractivity contribution is 0.0698. The maximum absolute atomic E-state index is 11.2. The number of rotatable bonds is 2. The molecule has 19 heavy (non-hydrogen) atoms. The monoisotopic (exact) mass is 275 g/mol. The third kappa shape index (κ3) is 2.13. The van der Waals surface area contributed by atoms with Gasteiger partial charge in [0.2, 0.25) is 0 Å². The Balaban J connectivity index is 2.20. The second kappa shape index (κ2) is 4.51. The van der Waals surface area contributed by atoms with E-state index in [-0.39, 0.29) is 10.7 Å². The third-order valence-corrected chi connectivity index (χ3v) is 3.10.